The molecule has 4 heterocycles. The minimum Gasteiger partial charge on any atom is -0.455 e. The molecule has 0 N–H and O–H groups in total. The van der Waals surface area contributed by atoms with Crippen LogP contribution < -0.4 is 0 Å². The maximum atomic E-state index is 6.78. The van der Waals surface area contributed by atoms with Crippen molar-refractivity contribution in [2.75, 3.05) is 0 Å². The number of hydrogen-bond donors (Lipinski definition) is 0. The van der Waals surface area contributed by atoms with Gasteiger partial charge >= 0.3 is 0 Å². The number of para-hydroxylation sites is 3. The first-order valence-corrected chi connectivity index (χ1v) is 19.8. The Kier molecular flexibility index (Phi) is 7.03. The average molecular weight is 747 g/mol. The van der Waals surface area contributed by atoms with Gasteiger partial charge in [0, 0.05) is 59.3 Å². The van der Waals surface area contributed by atoms with Crippen LogP contribution in [0.2, 0.25) is 0 Å². The Morgan fingerprint density at radius 1 is 0.404 bits per heavy atom. The van der Waals surface area contributed by atoms with Gasteiger partial charge in [0.1, 0.15) is 11.2 Å². The van der Waals surface area contributed by atoms with Gasteiger partial charge in [0.05, 0.1) is 21.4 Å². The molecule has 0 aliphatic carbocycles. The summed E-state index contributed by atoms with van der Waals surface area (Å²) in [4.78, 5) is 14.8. The highest BCUT2D eigenvalue weighted by molar-refractivity contribution is 7.26. The fourth-order valence-electron chi connectivity index (χ4n) is 8.41. The van der Waals surface area contributed by atoms with E-state index in [-0.39, 0.29) is 0 Å². The maximum absolute atomic E-state index is 6.78. The molecule has 12 aromatic rings. The highest BCUT2D eigenvalue weighted by Crippen LogP contribution is 2.43. The molecule has 5 nitrogen and oxygen atoms in total. The number of hydrogen-bond acceptors (Lipinski definition) is 5. The van der Waals surface area contributed by atoms with Gasteiger partial charge in [-0.1, -0.05) is 146 Å². The zero-order chi connectivity index (χ0) is 37.5. The third kappa shape index (κ3) is 5.04. The maximum Gasteiger partial charge on any atom is 0.164 e. The first-order chi connectivity index (χ1) is 28.2. The molecule has 0 saturated carbocycles. The van der Waals surface area contributed by atoms with Gasteiger partial charge in [-0.3, -0.25) is 0 Å². The van der Waals surface area contributed by atoms with Crippen LogP contribution in [0, 0.1) is 0 Å². The van der Waals surface area contributed by atoms with Crippen molar-refractivity contribution >= 4 is 75.3 Å². The lowest BCUT2D eigenvalue weighted by molar-refractivity contribution is 0.670. The van der Waals surface area contributed by atoms with Crippen molar-refractivity contribution in [3.63, 3.8) is 0 Å². The van der Waals surface area contributed by atoms with E-state index in [1.165, 1.54) is 47.7 Å². The van der Waals surface area contributed by atoms with E-state index in [1.807, 2.05) is 72.0 Å². The molecule has 6 heteroatoms. The number of furan rings is 1. The standard InChI is InChI=1S/C51H30N4OS/c1-3-13-31(14-4-1)49-52-50(32-15-5-2-6-16-32)54-51(53-49)34-26-27-38-40-20-11-19-35(47(40)56-45(38)29-34)33-25-28-39-41-21-12-24-44(48(41)57-46(39)30-33)55-42-22-9-7-17-36(42)37-18-8-10-23-43(37)55/h1-30H. The number of rotatable bonds is 5. The molecule has 0 saturated heterocycles. The molecule has 0 bridgehead atoms. The van der Waals surface area contributed by atoms with Crippen molar-refractivity contribution in [3.05, 3.63) is 182 Å². The quantitative estimate of drug-likeness (QED) is 0.176. The Labute approximate surface area is 330 Å². The van der Waals surface area contributed by atoms with Crippen molar-refractivity contribution in [3.8, 4) is 51.0 Å². The second-order valence-corrected chi connectivity index (χ2v) is 15.4. The summed E-state index contributed by atoms with van der Waals surface area (Å²) in [5, 5.41) is 7.17. The van der Waals surface area contributed by atoms with Crippen LogP contribution in [0.4, 0.5) is 0 Å². The Hall–Kier alpha value is -7.41. The van der Waals surface area contributed by atoms with Gasteiger partial charge < -0.3 is 8.98 Å². The zero-order valence-corrected chi connectivity index (χ0v) is 31.2. The Balaban J connectivity index is 0.984. The van der Waals surface area contributed by atoms with Crippen LogP contribution in [0.15, 0.2) is 186 Å². The van der Waals surface area contributed by atoms with Gasteiger partial charge in [0.15, 0.2) is 17.5 Å². The first-order valence-electron chi connectivity index (χ1n) is 19.0. The van der Waals surface area contributed by atoms with Crippen LogP contribution in [0.5, 0.6) is 0 Å². The lowest BCUT2D eigenvalue weighted by Gasteiger charge is -2.09. The monoisotopic (exact) mass is 746 g/mol. The van der Waals surface area contributed by atoms with E-state index in [4.69, 9.17) is 19.4 Å². The van der Waals surface area contributed by atoms with E-state index in [0.717, 1.165) is 49.8 Å². The van der Waals surface area contributed by atoms with Gasteiger partial charge in [-0.25, -0.2) is 15.0 Å². The number of nitrogens with zero attached hydrogens (tertiary/aromatic N) is 4. The second-order valence-electron chi connectivity index (χ2n) is 14.4. The lowest BCUT2D eigenvalue weighted by Crippen LogP contribution is -2.00. The SMILES string of the molecule is c1ccc(-c2nc(-c3ccccc3)nc(-c3ccc4c(c3)oc3c(-c5ccc6c(c5)sc5c(-n7c8ccccc8c8ccccc87)cccc56)cccc34)n2)cc1. The number of fused-ring (bicyclic) bond motifs is 9. The van der Waals surface area contributed by atoms with E-state index in [2.05, 4.69) is 126 Å². The van der Waals surface area contributed by atoms with Crippen molar-refractivity contribution in [1.82, 2.24) is 19.5 Å². The molecule has 0 amide bonds. The third-order valence-electron chi connectivity index (χ3n) is 11.1. The highest BCUT2D eigenvalue weighted by Gasteiger charge is 2.19. The van der Waals surface area contributed by atoms with Crippen LogP contribution >= 0.6 is 11.3 Å². The summed E-state index contributed by atoms with van der Waals surface area (Å²) in [5.74, 6) is 1.86. The molecule has 57 heavy (non-hydrogen) atoms. The molecule has 0 fully saturated rings. The van der Waals surface area contributed by atoms with Crippen LogP contribution in [-0.4, -0.2) is 19.5 Å². The summed E-state index contributed by atoms with van der Waals surface area (Å²) in [6, 6.07) is 63.7. The van der Waals surface area contributed by atoms with E-state index in [1.54, 1.807) is 0 Å². The topological polar surface area (TPSA) is 56.7 Å². The van der Waals surface area contributed by atoms with E-state index in [0.29, 0.717) is 17.5 Å². The second kappa shape index (κ2) is 12.6. The molecular weight excluding hydrogens is 717 g/mol. The molecular formula is C51H30N4OS. The van der Waals surface area contributed by atoms with Crippen molar-refractivity contribution < 1.29 is 4.42 Å². The molecule has 0 atom stereocenters. The molecule has 8 aromatic carbocycles. The summed E-state index contributed by atoms with van der Waals surface area (Å²) in [5.41, 5.74) is 10.2. The van der Waals surface area contributed by atoms with Gasteiger partial charge in [-0.15, -0.1) is 11.3 Å². The fourth-order valence-corrected chi connectivity index (χ4v) is 9.66. The summed E-state index contributed by atoms with van der Waals surface area (Å²) in [6.07, 6.45) is 0. The summed E-state index contributed by atoms with van der Waals surface area (Å²) >= 11 is 1.85. The van der Waals surface area contributed by atoms with Crippen LogP contribution in [0.1, 0.15) is 0 Å². The first kappa shape index (κ1) is 31.9. The Morgan fingerprint density at radius 2 is 0.965 bits per heavy atom. The number of benzene rings is 8. The van der Waals surface area contributed by atoms with Crippen molar-refractivity contribution in [2.45, 2.75) is 0 Å². The lowest BCUT2D eigenvalue weighted by atomic mass is 10.0. The predicted molar refractivity (Wildman–Crippen MR) is 236 cm³/mol. The number of aromatic nitrogens is 4. The van der Waals surface area contributed by atoms with Crippen LogP contribution in [0.3, 0.4) is 0 Å². The average Bonchev–Trinajstić information content (AvgIpc) is 3.96. The van der Waals surface area contributed by atoms with Gasteiger partial charge in [0.2, 0.25) is 0 Å². The molecule has 0 spiro atoms. The van der Waals surface area contributed by atoms with Crippen molar-refractivity contribution in [2.24, 2.45) is 0 Å². The minimum absolute atomic E-state index is 0.598. The largest absolute Gasteiger partial charge is 0.455 e. The molecule has 0 aliphatic heterocycles. The van der Waals surface area contributed by atoms with Crippen LogP contribution in [-0.2, 0) is 0 Å². The van der Waals surface area contributed by atoms with Crippen LogP contribution in [0.25, 0.3) is 115 Å². The van der Waals surface area contributed by atoms with Gasteiger partial charge in [-0.05, 0) is 42.0 Å². The third-order valence-corrected chi connectivity index (χ3v) is 12.3. The Bertz CT molecular complexity index is 3420. The zero-order valence-electron chi connectivity index (χ0n) is 30.4. The molecule has 0 unspecified atom stereocenters. The smallest absolute Gasteiger partial charge is 0.164 e. The van der Waals surface area contributed by atoms with E-state index in [9.17, 15) is 0 Å². The highest BCUT2D eigenvalue weighted by atomic mass is 32.1. The summed E-state index contributed by atoms with van der Waals surface area (Å²) < 4.78 is 11.7. The van der Waals surface area contributed by atoms with Gasteiger partial charge in [0.25, 0.3) is 0 Å². The van der Waals surface area contributed by atoms with E-state index < -0.39 is 0 Å². The van der Waals surface area contributed by atoms with Crippen molar-refractivity contribution in [1.29, 1.82) is 0 Å². The minimum atomic E-state index is 0.598. The molecule has 4 aromatic heterocycles. The number of thiophene rings is 1. The molecule has 12 rings (SSSR count). The van der Waals surface area contributed by atoms with Gasteiger partial charge in [-0.2, -0.15) is 0 Å². The normalized spacial score (nSPS) is 11.9. The molecule has 266 valence electrons. The molecule has 0 aliphatic rings. The predicted octanol–water partition coefficient (Wildman–Crippen LogP) is 13.9. The summed E-state index contributed by atoms with van der Waals surface area (Å²) in [6.45, 7) is 0. The Morgan fingerprint density at radius 3 is 1.67 bits per heavy atom. The fraction of sp³-hybridized carbons (Fsp3) is 0. The van der Waals surface area contributed by atoms with E-state index >= 15 is 0 Å². The molecule has 0 radical (unpaired) electrons. The summed E-state index contributed by atoms with van der Waals surface area (Å²) in [7, 11) is 0.